The molecule has 7 N–H and O–H groups in total. The van der Waals surface area contributed by atoms with Gasteiger partial charge in [0.2, 0.25) is 5.88 Å². The zero-order valence-electron chi connectivity index (χ0n) is 14.6. The lowest BCUT2D eigenvalue weighted by molar-refractivity contribution is -0.0325. The number of rotatable bonds is 9. The third-order valence-corrected chi connectivity index (χ3v) is 7.16. The third-order valence-electron chi connectivity index (χ3n) is 3.37. The first-order valence-electron chi connectivity index (χ1n) is 7.44. The molecule has 2 rings (SSSR count). The molecular formula is C11H16N3O13P3. The number of ether oxygens (including phenoxy) is 1. The molecule has 0 radical (unpaired) electrons. The molecule has 0 aromatic carbocycles. The molecule has 0 fully saturated rings. The van der Waals surface area contributed by atoms with Crippen molar-refractivity contribution in [1.29, 1.82) is 0 Å². The maximum Gasteiger partial charge on any atom is 0.490 e. The van der Waals surface area contributed by atoms with Gasteiger partial charge >= 0.3 is 29.2 Å². The van der Waals surface area contributed by atoms with Crippen molar-refractivity contribution >= 4 is 35.2 Å². The standard InChI is InChI=1S/C11H16N3O13P3/c1-2-11(6-24-29(20,21)27-30(22,23)26-28(17,18)19)7(15)5-9(25-11)14-4-3-8(12)13-10(14)16/h2-5,7,15H,1,6H2,(H,20,21)(H,22,23)(H2,12,13,16)(H2,17,18,19)/t7-,11+/m0/s1. The first kappa shape index (κ1) is 24.6. The highest BCUT2D eigenvalue weighted by Gasteiger charge is 2.47. The first-order chi connectivity index (χ1) is 13.6. The Morgan fingerprint density at radius 2 is 1.90 bits per heavy atom. The zero-order valence-corrected chi connectivity index (χ0v) is 17.3. The fourth-order valence-electron chi connectivity index (χ4n) is 2.10. The summed E-state index contributed by atoms with van der Waals surface area (Å²) in [4.78, 5) is 51.0. The maximum absolute atomic E-state index is 11.9. The van der Waals surface area contributed by atoms with Gasteiger partial charge in [0.05, 0.1) is 0 Å². The molecule has 0 aliphatic carbocycles. The second-order valence-electron chi connectivity index (χ2n) is 5.58. The number of nitrogens with two attached hydrogens (primary N) is 1. The Hall–Kier alpha value is -1.67. The summed E-state index contributed by atoms with van der Waals surface area (Å²) >= 11 is 0. The number of aliphatic hydroxyl groups is 1. The smallest absolute Gasteiger partial charge is 0.462 e. The molecule has 1 aliphatic heterocycles. The van der Waals surface area contributed by atoms with E-state index in [1.807, 2.05) is 0 Å². The Bertz CT molecular complexity index is 1060. The number of phosphoric acid groups is 3. The van der Waals surface area contributed by atoms with Crippen molar-refractivity contribution < 1.29 is 56.3 Å². The molecule has 0 bridgehead atoms. The normalized spacial score (nSPS) is 25.6. The van der Waals surface area contributed by atoms with Crippen molar-refractivity contribution in [2.75, 3.05) is 12.3 Å². The van der Waals surface area contributed by atoms with Crippen LogP contribution in [0.4, 0.5) is 5.82 Å². The van der Waals surface area contributed by atoms with Gasteiger partial charge in [-0.3, -0.25) is 4.52 Å². The van der Waals surface area contributed by atoms with Crippen LogP contribution < -0.4 is 11.4 Å². The molecule has 2 unspecified atom stereocenters. The average Bonchev–Trinajstić information content (AvgIpc) is 2.86. The van der Waals surface area contributed by atoms with Crippen LogP contribution in [0, 0.1) is 0 Å². The quantitative estimate of drug-likeness (QED) is 0.184. The van der Waals surface area contributed by atoms with E-state index in [-0.39, 0.29) is 11.7 Å². The largest absolute Gasteiger partial charge is 0.490 e. The molecule has 4 atom stereocenters. The highest BCUT2D eigenvalue weighted by Crippen LogP contribution is 2.66. The second kappa shape index (κ2) is 8.46. The molecule has 16 nitrogen and oxygen atoms in total. The predicted octanol–water partition coefficient (Wildman–Crippen LogP) is -0.717. The van der Waals surface area contributed by atoms with Crippen LogP contribution in [0.15, 0.2) is 35.8 Å². The average molecular weight is 491 g/mol. The van der Waals surface area contributed by atoms with Crippen LogP contribution >= 0.6 is 23.5 Å². The van der Waals surface area contributed by atoms with Crippen molar-refractivity contribution in [2.24, 2.45) is 0 Å². The van der Waals surface area contributed by atoms with Gasteiger partial charge < -0.3 is 35.2 Å². The van der Waals surface area contributed by atoms with Gasteiger partial charge in [-0.1, -0.05) is 6.58 Å². The van der Waals surface area contributed by atoms with E-state index in [9.17, 15) is 28.5 Å². The van der Waals surface area contributed by atoms with Gasteiger partial charge in [0, 0.05) is 12.3 Å². The second-order valence-corrected chi connectivity index (χ2v) is 10.0. The van der Waals surface area contributed by atoms with Gasteiger partial charge in [-0.25, -0.2) is 23.1 Å². The lowest BCUT2D eigenvalue weighted by atomic mass is 9.99. The molecule has 0 spiro atoms. The van der Waals surface area contributed by atoms with Crippen LogP contribution in [0.2, 0.25) is 0 Å². The maximum atomic E-state index is 11.9. The van der Waals surface area contributed by atoms with Crippen LogP contribution in [-0.2, 0) is 31.6 Å². The summed E-state index contributed by atoms with van der Waals surface area (Å²) in [6.45, 7) is 2.36. The number of nitrogen functional groups attached to an aromatic ring is 1. The summed E-state index contributed by atoms with van der Waals surface area (Å²) in [6, 6.07) is 1.25. The SMILES string of the molecule is C=C[C@]1(COP(=O)(O)OP(=O)(O)OP(=O)(O)O)OC(n2ccc(N)nc2=O)=C[C@@H]1O. The van der Waals surface area contributed by atoms with E-state index in [1.54, 1.807) is 0 Å². The Kier molecular flexibility index (Phi) is 6.94. The van der Waals surface area contributed by atoms with E-state index in [0.717, 1.165) is 16.7 Å². The lowest BCUT2D eigenvalue weighted by Crippen LogP contribution is -2.42. The molecule has 0 saturated carbocycles. The fourth-order valence-corrected chi connectivity index (χ4v) is 5.16. The number of aliphatic hydroxyl groups excluding tert-OH is 1. The topological polar surface area (TPSA) is 250 Å². The highest BCUT2D eigenvalue weighted by atomic mass is 31.3. The Labute approximate surface area is 167 Å². The number of aromatic nitrogens is 2. The number of hydrogen-bond acceptors (Lipinski definition) is 11. The van der Waals surface area contributed by atoms with Crippen LogP contribution in [0.3, 0.4) is 0 Å². The third kappa shape index (κ3) is 6.17. The van der Waals surface area contributed by atoms with Crippen molar-refractivity contribution in [1.82, 2.24) is 9.55 Å². The first-order valence-corrected chi connectivity index (χ1v) is 12.0. The van der Waals surface area contributed by atoms with Gasteiger partial charge in [-0.05, 0) is 12.1 Å². The summed E-state index contributed by atoms with van der Waals surface area (Å²) in [5, 5.41) is 10.2. The molecule has 19 heteroatoms. The van der Waals surface area contributed by atoms with Gasteiger partial charge in [0.25, 0.3) is 0 Å². The van der Waals surface area contributed by atoms with Crippen molar-refractivity contribution in [3.05, 3.63) is 41.5 Å². The number of phosphoric ester groups is 1. The minimum absolute atomic E-state index is 0.0851. The summed E-state index contributed by atoms with van der Waals surface area (Å²) in [5.74, 6) is -0.354. The van der Waals surface area contributed by atoms with Crippen molar-refractivity contribution in [3.8, 4) is 0 Å². The number of anilines is 1. The molecular weight excluding hydrogens is 475 g/mol. The van der Waals surface area contributed by atoms with E-state index in [1.165, 1.54) is 12.3 Å². The lowest BCUT2D eigenvalue weighted by Gasteiger charge is -2.29. The molecule has 30 heavy (non-hydrogen) atoms. The summed E-state index contributed by atoms with van der Waals surface area (Å²) in [5.41, 5.74) is 2.53. The molecule has 1 aliphatic rings. The summed E-state index contributed by atoms with van der Waals surface area (Å²) in [7, 11) is -16.8. The number of nitrogens with zero attached hydrogens (tertiary/aromatic N) is 2. The summed E-state index contributed by atoms with van der Waals surface area (Å²) < 4.78 is 51.7. The van der Waals surface area contributed by atoms with E-state index in [2.05, 4.69) is 24.7 Å². The van der Waals surface area contributed by atoms with E-state index in [4.69, 9.17) is 25.2 Å². The highest BCUT2D eigenvalue weighted by molar-refractivity contribution is 7.66. The fraction of sp³-hybridized carbons (Fsp3) is 0.273. The van der Waals surface area contributed by atoms with Gasteiger partial charge in [0.15, 0.2) is 5.60 Å². The van der Waals surface area contributed by atoms with Crippen LogP contribution in [0.25, 0.3) is 5.88 Å². The van der Waals surface area contributed by atoms with Crippen LogP contribution in [0.5, 0.6) is 0 Å². The molecule has 0 amide bonds. The predicted molar refractivity (Wildman–Crippen MR) is 97.0 cm³/mol. The minimum Gasteiger partial charge on any atom is -0.462 e. The van der Waals surface area contributed by atoms with Gasteiger partial charge in [-0.2, -0.15) is 13.6 Å². The van der Waals surface area contributed by atoms with Crippen LogP contribution in [0.1, 0.15) is 0 Å². The Morgan fingerprint density at radius 3 is 2.43 bits per heavy atom. The van der Waals surface area contributed by atoms with E-state index < -0.39 is 47.5 Å². The molecule has 0 saturated heterocycles. The molecule has 168 valence electrons. The minimum atomic E-state index is -5.72. The Morgan fingerprint density at radius 1 is 1.27 bits per heavy atom. The molecule has 2 heterocycles. The van der Waals surface area contributed by atoms with Crippen molar-refractivity contribution in [2.45, 2.75) is 11.7 Å². The van der Waals surface area contributed by atoms with Gasteiger partial charge in [-0.15, -0.1) is 0 Å². The Balaban J connectivity index is 2.16. The van der Waals surface area contributed by atoms with Crippen molar-refractivity contribution in [3.63, 3.8) is 0 Å². The zero-order chi connectivity index (χ0) is 23.0. The summed E-state index contributed by atoms with van der Waals surface area (Å²) in [6.07, 6.45) is 1.54. The van der Waals surface area contributed by atoms with E-state index in [0.29, 0.717) is 0 Å². The monoisotopic (exact) mass is 491 g/mol. The molecule has 1 aromatic heterocycles. The van der Waals surface area contributed by atoms with Gasteiger partial charge in [0.1, 0.15) is 18.5 Å². The van der Waals surface area contributed by atoms with Crippen LogP contribution in [-0.4, -0.2) is 52.5 Å². The molecule has 1 aromatic rings. The number of hydrogen-bond donors (Lipinski definition) is 6. The van der Waals surface area contributed by atoms with E-state index >= 15 is 0 Å².